The second-order valence-electron chi connectivity index (χ2n) is 7.66. The normalized spacial score (nSPS) is 29.0. The van der Waals surface area contributed by atoms with Crippen LogP contribution in [0.25, 0.3) is 0 Å². The van der Waals surface area contributed by atoms with Crippen LogP contribution < -0.4 is 0 Å². The minimum Gasteiger partial charge on any atom is -0.468 e. The first kappa shape index (κ1) is 13.8. The minimum absolute atomic E-state index is 0.612. The van der Waals surface area contributed by atoms with E-state index in [1.54, 1.807) is 6.26 Å². The SMILES string of the molecule is CN(Cc1ccco1)C1CCC12CCN(CC1CC1)CC2. The fourth-order valence-electron chi connectivity index (χ4n) is 4.56. The lowest BCUT2D eigenvalue weighted by Crippen LogP contribution is -2.58. The van der Waals surface area contributed by atoms with Crippen LogP contribution in [-0.2, 0) is 6.54 Å². The summed E-state index contributed by atoms with van der Waals surface area (Å²) in [5.41, 5.74) is 0.612. The van der Waals surface area contributed by atoms with Crippen LogP contribution in [0.4, 0.5) is 0 Å². The Balaban J connectivity index is 1.32. The maximum absolute atomic E-state index is 5.52. The summed E-state index contributed by atoms with van der Waals surface area (Å²) in [7, 11) is 2.28. The van der Waals surface area contributed by atoms with E-state index in [4.69, 9.17) is 4.42 Å². The van der Waals surface area contributed by atoms with Crippen molar-refractivity contribution in [1.82, 2.24) is 9.80 Å². The molecule has 3 fully saturated rings. The van der Waals surface area contributed by atoms with E-state index < -0.39 is 0 Å². The molecule has 2 saturated carbocycles. The third-order valence-corrected chi connectivity index (χ3v) is 6.21. The summed E-state index contributed by atoms with van der Waals surface area (Å²) >= 11 is 0. The van der Waals surface area contributed by atoms with Gasteiger partial charge in [0, 0.05) is 12.6 Å². The van der Waals surface area contributed by atoms with Crippen LogP contribution in [0.2, 0.25) is 0 Å². The van der Waals surface area contributed by atoms with Crippen molar-refractivity contribution >= 4 is 0 Å². The van der Waals surface area contributed by atoms with Gasteiger partial charge in [0.05, 0.1) is 12.8 Å². The Labute approximate surface area is 128 Å². The van der Waals surface area contributed by atoms with Crippen molar-refractivity contribution in [2.24, 2.45) is 11.3 Å². The Morgan fingerprint density at radius 3 is 2.62 bits per heavy atom. The zero-order valence-corrected chi connectivity index (χ0v) is 13.3. The molecule has 1 atom stereocenters. The molecule has 21 heavy (non-hydrogen) atoms. The number of hydrogen-bond donors (Lipinski definition) is 0. The maximum atomic E-state index is 5.52. The molecule has 1 saturated heterocycles. The molecule has 2 aliphatic carbocycles. The molecule has 1 aromatic rings. The van der Waals surface area contributed by atoms with Gasteiger partial charge in [0.15, 0.2) is 0 Å². The highest BCUT2D eigenvalue weighted by atomic mass is 16.3. The average molecular weight is 288 g/mol. The van der Waals surface area contributed by atoms with Gasteiger partial charge in [0.2, 0.25) is 0 Å². The number of furan rings is 1. The second-order valence-corrected chi connectivity index (χ2v) is 7.66. The molecular formula is C18H28N2O. The van der Waals surface area contributed by atoms with Crippen LogP contribution in [0.15, 0.2) is 22.8 Å². The lowest BCUT2D eigenvalue weighted by atomic mass is 9.58. The van der Waals surface area contributed by atoms with Crippen molar-refractivity contribution in [3.8, 4) is 0 Å². The molecule has 1 aromatic heterocycles. The van der Waals surface area contributed by atoms with Gasteiger partial charge in [0.1, 0.15) is 5.76 Å². The van der Waals surface area contributed by atoms with Crippen molar-refractivity contribution < 1.29 is 4.42 Å². The number of piperidine rings is 1. The Morgan fingerprint density at radius 1 is 1.24 bits per heavy atom. The standard InChI is InChI=1S/C18H28N2O/c1-19(14-16-3-2-12-21-16)17-6-7-18(17)8-10-20(11-9-18)13-15-4-5-15/h2-3,12,15,17H,4-11,13-14H2,1H3. The lowest BCUT2D eigenvalue weighted by molar-refractivity contribution is -0.0641. The van der Waals surface area contributed by atoms with Crippen LogP contribution in [0.3, 0.4) is 0 Å². The molecule has 3 aliphatic rings. The summed E-state index contributed by atoms with van der Waals surface area (Å²) in [6.45, 7) is 5.01. The maximum Gasteiger partial charge on any atom is 0.117 e. The van der Waals surface area contributed by atoms with Crippen LogP contribution in [0, 0.1) is 11.3 Å². The van der Waals surface area contributed by atoms with E-state index >= 15 is 0 Å². The first-order valence-electron chi connectivity index (χ1n) is 8.70. The van der Waals surface area contributed by atoms with Crippen molar-refractivity contribution in [2.75, 3.05) is 26.7 Å². The molecule has 3 heteroatoms. The largest absolute Gasteiger partial charge is 0.468 e. The third-order valence-electron chi connectivity index (χ3n) is 6.21. The van der Waals surface area contributed by atoms with Gasteiger partial charge in [-0.25, -0.2) is 0 Å². The Kier molecular flexibility index (Phi) is 3.58. The molecule has 0 radical (unpaired) electrons. The summed E-state index contributed by atoms with van der Waals surface area (Å²) < 4.78 is 5.52. The minimum atomic E-state index is 0.612. The van der Waals surface area contributed by atoms with Gasteiger partial charge in [0.25, 0.3) is 0 Å². The first-order chi connectivity index (χ1) is 10.3. The molecule has 0 aromatic carbocycles. The van der Waals surface area contributed by atoms with Gasteiger partial charge in [-0.3, -0.25) is 4.90 Å². The topological polar surface area (TPSA) is 19.6 Å². The molecule has 0 N–H and O–H groups in total. The highest BCUT2D eigenvalue weighted by molar-refractivity contribution is 5.05. The van der Waals surface area contributed by atoms with Crippen molar-refractivity contribution in [2.45, 2.75) is 51.1 Å². The second kappa shape index (κ2) is 5.44. The fourth-order valence-corrected chi connectivity index (χ4v) is 4.56. The highest BCUT2D eigenvalue weighted by Gasteiger charge is 2.49. The molecule has 3 nitrogen and oxygen atoms in total. The Bertz CT molecular complexity index is 458. The van der Waals surface area contributed by atoms with Gasteiger partial charge in [-0.2, -0.15) is 0 Å². The highest BCUT2D eigenvalue weighted by Crippen LogP contribution is 2.51. The molecule has 1 unspecified atom stereocenters. The molecule has 116 valence electrons. The third kappa shape index (κ3) is 2.78. The lowest BCUT2D eigenvalue weighted by Gasteiger charge is -2.57. The zero-order valence-electron chi connectivity index (χ0n) is 13.3. The molecular weight excluding hydrogens is 260 g/mol. The number of nitrogens with zero attached hydrogens (tertiary/aromatic N) is 2. The number of likely N-dealkylation sites (tertiary alicyclic amines) is 1. The molecule has 0 bridgehead atoms. The summed E-state index contributed by atoms with van der Waals surface area (Å²) in [6, 6.07) is 4.86. The molecule has 1 aliphatic heterocycles. The van der Waals surface area contributed by atoms with Crippen LogP contribution in [-0.4, -0.2) is 42.5 Å². The van der Waals surface area contributed by atoms with Crippen molar-refractivity contribution in [3.63, 3.8) is 0 Å². The summed E-state index contributed by atoms with van der Waals surface area (Å²) in [6.07, 6.45) is 10.4. The van der Waals surface area contributed by atoms with Gasteiger partial charge >= 0.3 is 0 Å². The zero-order chi connectivity index (χ0) is 14.3. The summed E-state index contributed by atoms with van der Waals surface area (Å²) in [5, 5.41) is 0. The van der Waals surface area contributed by atoms with Crippen LogP contribution >= 0.6 is 0 Å². The monoisotopic (exact) mass is 288 g/mol. The van der Waals surface area contributed by atoms with Gasteiger partial charge in [-0.1, -0.05) is 0 Å². The van der Waals surface area contributed by atoms with Gasteiger partial charge in [-0.15, -0.1) is 0 Å². The van der Waals surface area contributed by atoms with E-state index in [2.05, 4.69) is 22.9 Å². The van der Waals surface area contributed by atoms with E-state index in [-0.39, 0.29) is 0 Å². The summed E-state index contributed by atoms with van der Waals surface area (Å²) in [4.78, 5) is 5.27. The predicted molar refractivity (Wildman–Crippen MR) is 84.0 cm³/mol. The smallest absolute Gasteiger partial charge is 0.117 e. The fraction of sp³-hybridized carbons (Fsp3) is 0.778. The summed E-state index contributed by atoms with van der Waals surface area (Å²) in [5.74, 6) is 2.14. The van der Waals surface area contributed by atoms with Crippen molar-refractivity contribution in [3.05, 3.63) is 24.2 Å². The number of hydrogen-bond acceptors (Lipinski definition) is 3. The molecule has 1 spiro atoms. The molecule has 2 heterocycles. The van der Waals surface area contributed by atoms with Crippen molar-refractivity contribution in [1.29, 1.82) is 0 Å². The van der Waals surface area contributed by atoms with E-state index in [1.807, 2.05) is 6.07 Å². The van der Waals surface area contributed by atoms with E-state index in [1.165, 1.54) is 58.2 Å². The molecule has 4 rings (SSSR count). The Morgan fingerprint density at radius 2 is 2.05 bits per heavy atom. The van der Waals surface area contributed by atoms with E-state index in [0.717, 1.165) is 24.3 Å². The van der Waals surface area contributed by atoms with E-state index in [0.29, 0.717) is 5.41 Å². The quantitative estimate of drug-likeness (QED) is 0.828. The predicted octanol–water partition coefficient (Wildman–Crippen LogP) is 3.37. The first-order valence-corrected chi connectivity index (χ1v) is 8.70. The Hall–Kier alpha value is -0.800. The number of rotatable bonds is 5. The van der Waals surface area contributed by atoms with Crippen LogP contribution in [0.1, 0.15) is 44.3 Å². The van der Waals surface area contributed by atoms with Gasteiger partial charge in [-0.05, 0) is 82.1 Å². The molecule has 0 amide bonds. The van der Waals surface area contributed by atoms with Crippen LogP contribution in [0.5, 0.6) is 0 Å². The van der Waals surface area contributed by atoms with E-state index in [9.17, 15) is 0 Å². The van der Waals surface area contributed by atoms with Gasteiger partial charge < -0.3 is 9.32 Å². The average Bonchev–Trinajstić information content (AvgIpc) is 3.13.